The number of thiophene rings is 1. The van der Waals surface area contributed by atoms with Crippen LogP contribution in [-0.4, -0.2) is 21.5 Å². The van der Waals surface area contributed by atoms with Crippen LogP contribution in [0.1, 0.15) is 29.3 Å². The van der Waals surface area contributed by atoms with Crippen LogP contribution in [0.4, 0.5) is 0 Å². The fourth-order valence-corrected chi connectivity index (χ4v) is 3.68. The highest BCUT2D eigenvalue weighted by Gasteiger charge is 2.05. The third-order valence-electron chi connectivity index (χ3n) is 4.55. The molecule has 0 unspecified atom stereocenters. The Bertz CT molecular complexity index is 976. The first-order chi connectivity index (χ1) is 14.0. The third-order valence-corrected chi connectivity index (χ3v) is 5.40. The number of hydrogen-bond acceptors (Lipinski definition) is 5. The number of nitrogens with one attached hydrogen (secondary N) is 1. The Morgan fingerprint density at radius 2 is 1.97 bits per heavy atom. The molecule has 0 bridgehead atoms. The third kappa shape index (κ3) is 6.69. The van der Waals surface area contributed by atoms with E-state index in [1.165, 1.54) is 6.07 Å². The van der Waals surface area contributed by atoms with E-state index in [0.717, 1.165) is 22.4 Å². The lowest BCUT2D eigenvalue weighted by molar-refractivity contribution is 0.202. The van der Waals surface area contributed by atoms with E-state index in [4.69, 9.17) is 10.1 Å². The fourth-order valence-electron chi connectivity index (χ4n) is 3.06. The van der Waals surface area contributed by atoms with Gasteiger partial charge in [0, 0.05) is 42.2 Å². The number of aliphatic hydroxyl groups excluding tert-OH is 1. The number of ether oxygens (including phenoxy) is 1. The topological polar surface area (TPSA) is 75.3 Å². The maximum Gasteiger partial charge on any atom is 0.254 e. The average Bonchev–Trinajstić information content (AvgIpc) is 3.20. The second kappa shape index (κ2) is 10.2. The van der Waals surface area contributed by atoms with Gasteiger partial charge < -0.3 is 19.8 Å². The van der Waals surface area contributed by atoms with E-state index in [2.05, 4.69) is 0 Å². The van der Waals surface area contributed by atoms with Crippen molar-refractivity contribution in [3.05, 3.63) is 86.5 Å². The molecule has 0 aliphatic carbocycles. The van der Waals surface area contributed by atoms with Crippen LogP contribution in [0.3, 0.4) is 0 Å². The number of aliphatic hydroxyl groups is 1. The maximum absolute atomic E-state index is 12.3. The van der Waals surface area contributed by atoms with Crippen LogP contribution in [0.2, 0.25) is 0 Å². The molecular weight excluding hydrogens is 384 g/mol. The quantitative estimate of drug-likeness (QED) is 0.495. The Hall–Kier alpha value is -2.70. The van der Waals surface area contributed by atoms with Crippen molar-refractivity contribution in [2.45, 2.75) is 45.4 Å². The van der Waals surface area contributed by atoms with Crippen LogP contribution in [0.15, 0.2) is 64.9 Å². The summed E-state index contributed by atoms with van der Waals surface area (Å²) in [7, 11) is 0. The maximum atomic E-state index is 12.3. The van der Waals surface area contributed by atoms with Crippen molar-refractivity contribution in [3.8, 4) is 5.75 Å². The second-order valence-electron chi connectivity index (χ2n) is 7.16. The summed E-state index contributed by atoms with van der Waals surface area (Å²) in [5, 5.41) is 19.3. The minimum Gasteiger partial charge on any atom is -0.488 e. The first kappa shape index (κ1) is 21.0. The molecule has 0 aliphatic heterocycles. The van der Waals surface area contributed by atoms with E-state index in [1.807, 2.05) is 47.8 Å². The molecule has 0 aliphatic rings. The zero-order chi connectivity index (χ0) is 20.6. The molecule has 3 rings (SSSR count). The number of rotatable bonds is 10. The predicted octanol–water partition coefficient (Wildman–Crippen LogP) is 4.06. The van der Waals surface area contributed by atoms with E-state index < -0.39 is 6.10 Å². The minimum atomic E-state index is -0.479. The Kier molecular flexibility index (Phi) is 7.38. The van der Waals surface area contributed by atoms with Gasteiger partial charge in [0.25, 0.3) is 5.56 Å². The molecule has 1 atom stereocenters. The van der Waals surface area contributed by atoms with Crippen LogP contribution < -0.4 is 10.3 Å². The summed E-state index contributed by atoms with van der Waals surface area (Å²) in [5.41, 5.74) is 2.65. The molecule has 29 heavy (non-hydrogen) atoms. The number of aryl methyl sites for hydroxylation is 2. The van der Waals surface area contributed by atoms with Crippen molar-refractivity contribution >= 4 is 17.0 Å². The Morgan fingerprint density at radius 1 is 1.21 bits per heavy atom. The molecule has 0 saturated heterocycles. The van der Waals surface area contributed by atoms with Crippen LogP contribution in [0.25, 0.3) is 0 Å². The van der Waals surface area contributed by atoms with Gasteiger partial charge >= 0.3 is 0 Å². The summed E-state index contributed by atoms with van der Waals surface area (Å²) >= 11 is 1.63. The molecule has 152 valence electrons. The molecule has 0 spiro atoms. The number of aromatic nitrogens is 1. The predicted molar refractivity (Wildman–Crippen MR) is 117 cm³/mol. The van der Waals surface area contributed by atoms with Crippen LogP contribution >= 0.6 is 11.3 Å². The van der Waals surface area contributed by atoms with Gasteiger partial charge in [-0.1, -0.05) is 30.3 Å². The number of benzene rings is 1. The highest BCUT2D eigenvalue weighted by molar-refractivity contribution is 7.09. The van der Waals surface area contributed by atoms with Gasteiger partial charge in [-0.15, -0.1) is 11.3 Å². The molecule has 0 amide bonds. The van der Waals surface area contributed by atoms with Gasteiger partial charge in [0.1, 0.15) is 12.4 Å². The highest BCUT2D eigenvalue weighted by atomic mass is 32.1. The monoisotopic (exact) mass is 410 g/mol. The van der Waals surface area contributed by atoms with Crippen LogP contribution in [-0.2, 0) is 26.0 Å². The zero-order valence-electron chi connectivity index (χ0n) is 16.5. The van der Waals surface area contributed by atoms with Crippen LogP contribution in [0.5, 0.6) is 5.75 Å². The lowest BCUT2D eigenvalue weighted by atomic mass is 10.0. The standard InChI is InChI=1S/C23H26N2O3S/c1-17(26)13-20(24)14-19-6-4-18(5-7-19)8-10-25-11-9-21(15-23(25)27)28-16-22-3-2-12-29-22/h2-7,9,11-12,15,17,24,26H,8,10,13-14,16H2,1H3/t17-/m0/s1. The summed E-state index contributed by atoms with van der Waals surface area (Å²) in [6.07, 6.45) is 3.00. The fraction of sp³-hybridized carbons (Fsp3) is 0.304. The van der Waals surface area contributed by atoms with E-state index in [9.17, 15) is 9.90 Å². The Morgan fingerprint density at radius 3 is 2.62 bits per heavy atom. The number of pyridine rings is 1. The van der Waals surface area contributed by atoms with Crippen molar-refractivity contribution in [1.82, 2.24) is 4.57 Å². The van der Waals surface area contributed by atoms with E-state index in [0.29, 0.717) is 37.5 Å². The lowest BCUT2D eigenvalue weighted by Gasteiger charge is -2.10. The van der Waals surface area contributed by atoms with Crippen molar-refractivity contribution in [3.63, 3.8) is 0 Å². The molecule has 0 saturated carbocycles. The molecule has 2 heterocycles. The van der Waals surface area contributed by atoms with Crippen molar-refractivity contribution in [2.24, 2.45) is 0 Å². The largest absolute Gasteiger partial charge is 0.488 e. The SMILES string of the molecule is C[C@H](O)CC(=N)Cc1ccc(CCn2ccc(OCc3cccs3)cc2=O)cc1. The first-order valence-electron chi connectivity index (χ1n) is 9.67. The zero-order valence-corrected chi connectivity index (χ0v) is 17.3. The summed E-state index contributed by atoms with van der Waals surface area (Å²) < 4.78 is 7.37. The molecule has 1 aromatic carbocycles. The van der Waals surface area contributed by atoms with Gasteiger partial charge in [0.15, 0.2) is 0 Å². The van der Waals surface area contributed by atoms with Gasteiger partial charge in [0.2, 0.25) is 0 Å². The van der Waals surface area contributed by atoms with Gasteiger partial charge in [-0.3, -0.25) is 4.79 Å². The van der Waals surface area contributed by atoms with Gasteiger partial charge in [-0.05, 0) is 42.0 Å². The highest BCUT2D eigenvalue weighted by Crippen LogP contribution is 2.14. The van der Waals surface area contributed by atoms with Gasteiger partial charge in [-0.2, -0.15) is 0 Å². The number of hydrogen-bond donors (Lipinski definition) is 2. The summed E-state index contributed by atoms with van der Waals surface area (Å²) in [5.74, 6) is 0.587. The average molecular weight is 411 g/mol. The molecule has 6 heteroatoms. The lowest BCUT2D eigenvalue weighted by Crippen LogP contribution is -2.19. The Balaban J connectivity index is 1.51. The first-order valence-corrected chi connectivity index (χ1v) is 10.6. The van der Waals surface area contributed by atoms with Gasteiger partial charge in [0.05, 0.1) is 6.10 Å². The second-order valence-corrected chi connectivity index (χ2v) is 8.19. The van der Waals surface area contributed by atoms with E-state index in [-0.39, 0.29) is 5.56 Å². The molecule has 3 aromatic rings. The summed E-state index contributed by atoms with van der Waals surface area (Å²) in [6.45, 7) is 2.77. The van der Waals surface area contributed by atoms with E-state index in [1.54, 1.807) is 29.0 Å². The molecule has 0 fully saturated rings. The summed E-state index contributed by atoms with van der Waals surface area (Å²) in [4.78, 5) is 13.5. The smallest absolute Gasteiger partial charge is 0.254 e. The summed E-state index contributed by atoms with van der Waals surface area (Å²) in [6, 6.07) is 15.4. The Labute approximate surface area is 174 Å². The van der Waals surface area contributed by atoms with Crippen LogP contribution in [0, 0.1) is 5.41 Å². The van der Waals surface area contributed by atoms with Crippen molar-refractivity contribution < 1.29 is 9.84 Å². The molecular formula is C23H26N2O3S. The van der Waals surface area contributed by atoms with Gasteiger partial charge in [-0.25, -0.2) is 0 Å². The minimum absolute atomic E-state index is 0.0723. The molecule has 2 aromatic heterocycles. The molecule has 5 nitrogen and oxygen atoms in total. The van der Waals surface area contributed by atoms with Crippen molar-refractivity contribution in [1.29, 1.82) is 5.41 Å². The molecule has 2 N–H and O–H groups in total. The normalized spacial score (nSPS) is 11.9. The van der Waals surface area contributed by atoms with E-state index >= 15 is 0 Å². The molecule has 0 radical (unpaired) electrons. The number of nitrogens with zero attached hydrogens (tertiary/aromatic N) is 1. The van der Waals surface area contributed by atoms with Crippen molar-refractivity contribution in [2.75, 3.05) is 0 Å².